The van der Waals surface area contributed by atoms with Gasteiger partial charge in [0.05, 0.1) is 5.75 Å². The molecule has 0 radical (unpaired) electrons. The maximum absolute atomic E-state index is 11.9. The highest BCUT2D eigenvalue weighted by Crippen LogP contribution is 2.24. The molecule has 23 heavy (non-hydrogen) atoms. The van der Waals surface area contributed by atoms with Crippen LogP contribution in [-0.2, 0) is 34.8 Å². The summed E-state index contributed by atoms with van der Waals surface area (Å²) < 4.78 is 33.0. The van der Waals surface area contributed by atoms with Crippen LogP contribution in [0, 0.1) is 0 Å². The fourth-order valence-corrected chi connectivity index (χ4v) is 3.25. The summed E-state index contributed by atoms with van der Waals surface area (Å²) in [4.78, 5) is 8.49. The molecule has 8 heteroatoms. The summed E-state index contributed by atoms with van der Waals surface area (Å²) in [5.74, 6) is 1.34. The maximum Gasteiger partial charge on any atom is 0.271 e. The highest BCUT2D eigenvalue weighted by molar-refractivity contribution is 7.86. The summed E-state index contributed by atoms with van der Waals surface area (Å²) in [6.07, 6.45) is 9.76. The Morgan fingerprint density at radius 2 is 1.96 bits per heavy atom. The van der Waals surface area contributed by atoms with E-state index in [1.165, 1.54) is 6.08 Å². The van der Waals surface area contributed by atoms with E-state index in [2.05, 4.69) is 16.5 Å². The third kappa shape index (κ3) is 4.77. The van der Waals surface area contributed by atoms with Gasteiger partial charge in [0, 0.05) is 45.3 Å². The molecule has 126 valence electrons. The maximum atomic E-state index is 11.9. The van der Waals surface area contributed by atoms with Gasteiger partial charge in [-0.15, -0.1) is 6.58 Å². The Balaban J connectivity index is 2.06. The van der Waals surface area contributed by atoms with E-state index in [4.69, 9.17) is 4.18 Å². The van der Waals surface area contributed by atoms with Crippen molar-refractivity contribution in [2.45, 2.75) is 25.4 Å². The lowest BCUT2D eigenvalue weighted by Crippen LogP contribution is -2.17. The normalized spacial score (nSPS) is 13.1. The molecule has 0 amide bonds. The van der Waals surface area contributed by atoms with Crippen molar-refractivity contribution in [1.29, 1.82) is 0 Å². The molecule has 2 heterocycles. The fourth-order valence-electron chi connectivity index (χ4n) is 2.35. The number of hydrogen-bond donors (Lipinski definition) is 0. The molecular formula is C15H22N4O3S. The van der Waals surface area contributed by atoms with Gasteiger partial charge in [0.1, 0.15) is 17.8 Å². The van der Waals surface area contributed by atoms with Crippen LogP contribution in [0.2, 0.25) is 0 Å². The van der Waals surface area contributed by atoms with Crippen LogP contribution in [-0.4, -0.2) is 33.3 Å². The first kappa shape index (κ1) is 17.4. The van der Waals surface area contributed by atoms with E-state index in [1.807, 2.05) is 24.9 Å². The molecule has 0 aliphatic heterocycles. The van der Waals surface area contributed by atoms with Crippen LogP contribution in [0.1, 0.15) is 30.6 Å². The quantitative estimate of drug-likeness (QED) is 0.514. The summed E-state index contributed by atoms with van der Waals surface area (Å²) in [5, 5.41) is 0. The van der Waals surface area contributed by atoms with Gasteiger partial charge in [0.15, 0.2) is 0 Å². The van der Waals surface area contributed by atoms with Crippen LogP contribution in [0.4, 0.5) is 0 Å². The van der Waals surface area contributed by atoms with Crippen LogP contribution in [0.25, 0.3) is 0 Å². The molecule has 1 atom stereocenters. The number of hydrogen-bond acceptors (Lipinski definition) is 5. The predicted molar refractivity (Wildman–Crippen MR) is 87.2 cm³/mol. The highest BCUT2D eigenvalue weighted by atomic mass is 32.2. The molecule has 2 aromatic heterocycles. The van der Waals surface area contributed by atoms with Crippen molar-refractivity contribution in [2.24, 2.45) is 14.1 Å². The van der Waals surface area contributed by atoms with Crippen molar-refractivity contribution >= 4 is 10.1 Å². The van der Waals surface area contributed by atoms with Gasteiger partial charge in [0.2, 0.25) is 0 Å². The Morgan fingerprint density at radius 1 is 1.26 bits per heavy atom. The van der Waals surface area contributed by atoms with Gasteiger partial charge in [-0.2, -0.15) is 8.42 Å². The second-order valence-electron chi connectivity index (χ2n) is 5.34. The van der Waals surface area contributed by atoms with Gasteiger partial charge < -0.3 is 9.13 Å². The van der Waals surface area contributed by atoms with Gasteiger partial charge in [-0.25, -0.2) is 9.97 Å². The number of rotatable bonds is 9. The average molecular weight is 338 g/mol. The Labute approximate surface area is 136 Å². The van der Waals surface area contributed by atoms with Crippen LogP contribution >= 0.6 is 0 Å². The minimum Gasteiger partial charge on any atom is -0.338 e. The molecule has 0 saturated heterocycles. The van der Waals surface area contributed by atoms with Crippen molar-refractivity contribution in [3.8, 4) is 0 Å². The molecule has 1 unspecified atom stereocenters. The summed E-state index contributed by atoms with van der Waals surface area (Å²) in [6.45, 7) is 3.45. The van der Waals surface area contributed by atoms with Crippen LogP contribution in [0.15, 0.2) is 37.4 Å². The molecule has 0 bridgehead atoms. The van der Waals surface area contributed by atoms with Crippen molar-refractivity contribution < 1.29 is 12.6 Å². The van der Waals surface area contributed by atoms with E-state index in [-0.39, 0.29) is 5.75 Å². The minimum atomic E-state index is -3.66. The summed E-state index contributed by atoms with van der Waals surface area (Å²) >= 11 is 0. The monoisotopic (exact) mass is 338 g/mol. The first-order valence-corrected chi connectivity index (χ1v) is 8.96. The molecule has 0 saturated carbocycles. The van der Waals surface area contributed by atoms with E-state index in [9.17, 15) is 8.42 Å². The fraction of sp³-hybridized carbons (Fsp3) is 0.467. The molecule has 7 nitrogen and oxygen atoms in total. The molecule has 0 aliphatic rings. The third-order valence-corrected chi connectivity index (χ3v) is 4.69. The van der Waals surface area contributed by atoms with Crippen molar-refractivity contribution in [2.75, 3.05) is 5.75 Å². The largest absolute Gasteiger partial charge is 0.338 e. The predicted octanol–water partition coefficient (Wildman–Crippen LogP) is 1.75. The molecule has 2 rings (SSSR count). The zero-order chi connectivity index (χ0) is 16.9. The lowest BCUT2D eigenvalue weighted by molar-refractivity contribution is 0.187. The van der Waals surface area contributed by atoms with E-state index in [0.717, 1.165) is 18.7 Å². The second kappa shape index (κ2) is 7.56. The van der Waals surface area contributed by atoms with Gasteiger partial charge >= 0.3 is 0 Å². The van der Waals surface area contributed by atoms with Crippen LogP contribution in [0.3, 0.4) is 0 Å². The molecule has 0 fully saturated rings. The first-order valence-electron chi connectivity index (χ1n) is 7.38. The summed E-state index contributed by atoms with van der Waals surface area (Å²) in [6, 6.07) is 0. The van der Waals surface area contributed by atoms with E-state index < -0.39 is 16.2 Å². The lowest BCUT2D eigenvalue weighted by atomic mass is 10.1. The average Bonchev–Trinajstić information content (AvgIpc) is 3.06. The lowest BCUT2D eigenvalue weighted by Gasteiger charge is -2.17. The first-order chi connectivity index (χ1) is 10.9. The Bertz CT molecular complexity index is 748. The topological polar surface area (TPSA) is 79.0 Å². The van der Waals surface area contributed by atoms with Crippen LogP contribution in [0.5, 0.6) is 0 Å². The number of aryl methyl sites for hydroxylation is 3. The van der Waals surface area contributed by atoms with Crippen molar-refractivity contribution in [3.05, 3.63) is 49.1 Å². The number of nitrogens with zero attached hydrogens (tertiary/aromatic N) is 4. The zero-order valence-electron chi connectivity index (χ0n) is 13.4. The highest BCUT2D eigenvalue weighted by Gasteiger charge is 2.23. The van der Waals surface area contributed by atoms with Gasteiger partial charge in [0.25, 0.3) is 10.1 Å². The second-order valence-corrected chi connectivity index (χ2v) is 6.98. The van der Waals surface area contributed by atoms with Crippen molar-refractivity contribution in [1.82, 2.24) is 19.1 Å². The summed E-state index contributed by atoms with van der Waals surface area (Å²) in [5.41, 5.74) is 0. The molecular weight excluding hydrogens is 316 g/mol. The van der Waals surface area contributed by atoms with E-state index in [1.54, 1.807) is 23.2 Å². The molecule has 0 aromatic carbocycles. The smallest absolute Gasteiger partial charge is 0.271 e. The summed E-state index contributed by atoms with van der Waals surface area (Å²) in [7, 11) is 0.0929. The third-order valence-electron chi connectivity index (χ3n) is 3.52. The number of aromatic nitrogens is 4. The van der Waals surface area contributed by atoms with Crippen LogP contribution < -0.4 is 0 Å². The number of imidazole rings is 2. The molecule has 0 N–H and O–H groups in total. The van der Waals surface area contributed by atoms with Gasteiger partial charge in [-0.05, 0) is 12.8 Å². The van der Waals surface area contributed by atoms with Crippen molar-refractivity contribution in [3.63, 3.8) is 0 Å². The molecule has 0 aliphatic carbocycles. The zero-order valence-corrected chi connectivity index (χ0v) is 14.2. The SMILES string of the molecule is C=CCS(=O)(=O)OC(CCCc1nccn1C)c1nccn1C. The van der Waals surface area contributed by atoms with Gasteiger partial charge in [-0.1, -0.05) is 6.08 Å². The molecule has 2 aromatic rings. The van der Waals surface area contributed by atoms with Gasteiger partial charge in [-0.3, -0.25) is 4.18 Å². The standard InChI is InChI=1S/C15H22N4O3S/c1-4-12-23(20,21)22-13(15-17-9-11-19(15)3)6-5-7-14-16-8-10-18(14)2/h4,8-11,13H,1,5-7,12H2,2-3H3. The minimum absolute atomic E-state index is 0.215. The molecule has 0 spiro atoms. The van der Waals surface area contributed by atoms with E-state index >= 15 is 0 Å². The Morgan fingerprint density at radius 3 is 2.52 bits per heavy atom. The Hall–Kier alpha value is -1.93. The van der Waals surface area contributed by atoms with E-state index in [0.29, 0.717) is 12.2 Å². The Kier molecular flexibility index (Phi) is 5.73.